The Labute approximate surface area is 241 Å². The first-order chi connectivity index (χ1) is 20.3. The molecule has 0 atom stereocenters. The number of aromatic nitrogens is 3. The molecule has 0 unspecified atom stereocenters. The summed E-state index contributed by atoms with van der Waals surface area (Å²) in [7, 11) is 0. The lowest BCUT2D eigenvalue weighted by Gasteiger charge is -2.12. The first-order valence-electron chi connectivity index (χ1n) is 13.6. The Hall–Kier alpha value is -5.19. The van der Waals surface area contributed by atoms with Crippen LogP contribution >= 0.6 is 11.3 Å². The van der Waals surface area contributed by atoms with Crippen LogP contribution in [0, 0.1) is 0 Å². The Morgan fingerprint density at radius 3 is 1.59 bits per heavy atom. The van der Waals surface area contributed by atoms with Gasteiger partial charge >= 0.3 is 0 Å². The lowest BCUT2D eigenvalue weighted by Crippen LogP contribution is -2.01. The highest BCUT2D eigenvalue weighted by atomic mass is 32.1. The van der Waals surface area contributed by atoms with Gasteiger partial charge in [-0.3, -0.25) is 0 Å². The van der Waals surface area contributed by atoms with E-state index in [1.54, 1.807) is 0 Å². The molecule has 0 saturated carbocycles. The second-order valence-corrected chi connectivity index (χ2v) is 11.2. The van der Waals surface area contributed by atoms with Crippen molar-refractivity contribution in [2.45, 2.75) is 0 Å². The van der Waals surface area contributed by atoms with Crippen LogP contribution in [0.4, 0.5) is 0 Å². The number of fused-ring (bicyclic) bond motifs is 4. The second-order valence-electron chi connectivity index (χ2n) is 10.1. The van der Waals surface area contributed by atoms with Crippen molar-refractivity contribution in [3.05, 3.63) is 140 Å². The van der Waals surface area contributed by atoms with E-state index in [-0.39, 0.29) is 0 Å². The molecular formula is C37H23N3S. The van der Waals surface area contributed by atoms with Gasteiger partial charge < -0.3 is 0 Å². The largest absolute Gasteiger partial charge is 0.208 e. The van der Waals surface area contributed by atoms with Crippen molar-refractivity contribution in [2.75, 3.05) is 0 Å². The topological polar surface area (TPSA) is 38.7 Å². The third-order valence-electron chi connectivity index (χ3n) is 7.52. The third kappa shape index (κ3) is 4.26. The van der Waals surface area contributed by atoms with Crippen molar-refractivity contribution in [2.24, 2.45) is 0 Å². The number of rotatable bonds is 4. The molecule has 2 heterocycles. The van der Waals surface area contributed by atoms with Crippen LogP contribution in [0.5, 0.6) is 0 Å². The lowest BCUT2D eigenvalue weighted by atomic mass is 9.97. The van der Waals surface area contributed by atoms with Crippen LogP contribution in [0.25, 0.3) is 76.2 Å². The van der Waals surface area contributed by atoms with E-state index in [1.165, 1.54) is 30.9 Å². The van der Waals surface area contributed by atoms with Gasteiger partial charge in [-0.15, -0.1) is 11.3 Å². The van der Waals surface area contributed by atoms with Crippen molar-refractivity contribution < 1.29 is 0 Å². The molecule has 0 aliphatic carbocycles. The Morgan fingerprint density at radius 2 is 0.902 bits per heavy atom. The van der Waals surface area contributed by atoms with Gasteiger partial charge in [-0.05, 0) is 46.2 Å². The van der Waals surface area contributed by atoms with Crippen molar-refractivity contribution >= 4 is 42.3 Å². The van der Waals surface area contributed by atoms with Gasteiger partial charge in [0, 0.05) is 36.9 Å². The summed E-state index contributed by atoms with van der Waals surface area (Å²) in [6.07, 6.45) is 0. The van der Waals surface area contributed by atoms with Gasteiger partial charge in [-0.1, -0.05) is 115 Å². The van der Waals surface area contributed by atoms with E-state index in [0.29, 0.717) is 17.5 Å². The van der Waals surface area contributed by atoms with Gasteiger partial charge in [-0.2, -0.15) is 0 Å². The molecule has 8 rings (SSSR count). The van der Waals surface area contributed by atoms with Gasteiger partial charge in [0.05, 0.1) is 0 Å². The Balaban J connectivity index is 1.32. The summed E-state index contributed by atoms with van der Waals surface area (Å²) in [6.45, 7) is 0. The molecule has 6 aromatic carbocycles. The average Bonchev–Trinajstić information content (AvgIpc) is 3.41. The Bertz CT molecular complexity index is 2140. The molecule has 3 nitrogen and oxygen atoms in total. The number of hydrogen-bond donors (Lipinski definition) is 0. The predicted octanol–water partition coefficient (Wildman–Crippen LogP) is 10.1. The lowest BCUT2D eigenvalue weighted by molar-refractivity contribution is 1.07. The average molecular weight is 542 g/mol. The van der Waals surface area contributed by atoms with Crippen molar-refractivity contribution in [1.82, 2.24) is 15.0 Å². The summed E-state index contributed by atoms with van der Waals surface area (Å²) in [5.74, 6) is 1.99. The van der Waals surface area contributed by atoms with Gasteiger partial charge in [0.2, 0.25) is 0 Å². The fraction of sp³-hybridized carbons (Fsp3) is 0. The monoisotopic (exact) mass is 541 g/mol. The maximum absolute atomic E-state index is 5.00. The molecule has 41 heavy (non-hydrogen) atoms. The van der Waals surface area contributed by atoms with Gasteiger partial charge in [0.15, 0.2) is 17.5 Å². The summed E-state index contributed by atoms with van der Waals surface area (Å²) in [4.78, 5) is 14.9. The molecule has 192 valence electrons. The van der Waals surface area contributed by atoms with Crippen molar-refractivity contribution in [3.8, 4) is 45.3 Å². The van der Waals surface area contributed by atoms with Crippen LogP contribution in [0.1, 0.15) is 0 Å². The maximum Gasteiger partial charge on any atom is 0.164 e. The number of hydrogen-bond acceptors (Lipinski definition) is 4. The Morgan fingerprint density at radius 1 is 0.366 bits per heavy atom. The smallest absolute Gasteiger partial charge is 0.164 e. The first-order valence-corrected chi connectivity index (χ1v) is 14.4. The van der Waals surface area contributed by atoms with Crippen LogP contribution in [0.3, 0.4) is 0 Å². The number of nitrogens with zero attached hydrogens (tertiary/aromatic N) is 3. The molecule has 0 aliphatic rings. The molecule has 0 bridgehead atoms. The molecule has 4 heteroatoms. The van der Waals surface area contributed by atoms with E-state index in [0.717, 1.165) is 27.8 Å². The summed E-state index contributed by atoms with van der Waals surface area (Å²) < 4.78 is 2.59. The zero-order valence-corrected chi connectivity index (χ0v) is 22.8. The molecule has 0 spiro atoms. The predicted molar refractivity (Wildman–Crippen MR) is 172 cm³/mol. The summed E-state index contributed by atoms with van der Waals surface area (Å²) in [5.41, 5.74) is 5.14. The first kappa shape index (κ1) is 23.7. The van der Waals surface area contributed by atoms with E-state index in [1.807, 2.05) is 72.0 Å². The van der Waals surface area contributed by atoms with E-state index in [2.05, 4.69) is 78.9 Å². The minimum atomic E-state index is 0.662. The normalized spacial score (nSPS) is 11.4. The van der Waals surface area contributed by atoms with E-state index >= 15 is 0 Å². The van der Waals surface area contributed by atoms with Gasteiger partial charge in [-0.25, -0.2) is 15.0 Å². The molecular weight excluding hydrogens is 518 g/mol. The number of benzene rings is 6. The standard InChI is InChI=1S/C37H23N3S/c1-3-11-24(12-4-1)35-38-36(25-13-5-2-6-14-25)40-37(39-35)30-18-10-9-17-29(30)28-19-20-33-31(22-28)32-21-26-15-7-8-16-27(26)23-34(32)41-33/h1-23H. The van der Waals surface area contributed by atoms with E-state index in [4.69, 9.17) is 15.0 Å². The van der Waals surface area contributed by atoms with E-state index < -0.39 is 0 Å². The van der Waals surface area contributed by atoms with Crippen LogP contribution < -0.4 is 0 Å². The molecule has 0 amide bonds. The maximum atomic E-state index is 5.00. The van der Waals surface area contributed by atoms with Crippen molar-refractivity contribution in [3.63, 3.8) is 0 Å². The third-order valence-corrected chi connectivity index (χ3v) is 8.65. The van der Waals surface area contributed by atoms with Crippen LogP contribution in [-0.2, 0) is 0 Å². The number of thiophene rings is 1. The highest BCUT2D eigenvalue weighted by Crippen LogP contribution is 2.40. The van der Waals surface area contributed by atoms with Crippen LogP contribution in [0.2, 0.25) is 0 Å². The molecule has 8 aromatic rings. The molecule has 0 N–H and O–H groups in total. The summed E-state index contributed by atoms with van der Waals surface area (Å²) >= 11 is 1.85. The fourth-order valence-corrected chi connectivity index (χ4v) is 6.61. The molecule has 0 fully saturated rings. The minimum Gasteiger partial charge on any atom is -0.208 e. The second kappa shape index (κ2) is 9.77. The molecule has 0 aliphatic heterocycles. The Kier molecular flexibility index (Phi) is 5.64. The van der Waals surface area contributed by atoms with Crippen molar-refractivity contribution in [1.29, 1.82) is 0 Å². The zero-order valence-electron chi connectivity index (χ0n) is 22.0. The summed E-state index contributed by atoms with van der Waals surface area (Å²) in [5, 5.41) is 5.10. The highest BCUT2D eigenvalue weighted by Gasteiger charge is 2.16. The van der Waals surface area contributed by atoms with Crippen LogP contribution in [-0.4, -0.2) is 15.0 Å². The van der Waals surface area contributed by atoms with Gasteiger partial charge in [0.1, 0.15) is 0 Å². The highest BCUT2D eigenvalue weighted by molar-refractivity contribution is 7.25. The van der Waals surface area contributed by atoms with Crippen LogP contribution in [0.15, 0.2) is 140 Å². The molecule has 0 radical (unpaired) electrons. The van der Waals surface area contributed by atoms with Gasteiger partial charge in [0.25, 0.3) is 0 Å². The SMILES string of the molecule is c1ccc(-c2nc(-c3ccccc3)nc(-c3ccccc3-c3ccc4sc5cc6ccccc6cc5c4c3)n2)cc1. The fourth-order valence-electron chi connectivity index (χ4n) is 5.49. The zero-order chi connectivity index (χ0) is 27.2. The minimum absolute atomic E-state index is 0.662. The molecule has 2 aromatic heterocycles. The van der Waals surface area contributed by atoms with E-state index in [9.17, 15) is 0 Å². The quantitative estimate of drug-likeness (QED) is 0.222. The summed E-state index contributed by atoms with van der Waals surface area (Å²) in [6, 6.07) is 48.6. The molecule has 0 saturated heterocycles.